The summed E-state index contributed by atoms with van der Waals surface area (Å²) >= 11 is 0. The molecule has 0 saturated heterocycles. The van der Waals surface area contributed by atoms with Crippen molar-refractivity contribution in [3.63, 3.8) is 0 Å². The molecule has 0 atom stereocenters. The van der Waals surface area contributed by atoms with Crippen LogP contribution in [0.15, 0.2) is 24.3 Å². The quantitative estimate of drug-likeness (QED) is 0.788. The van der Waals surface area contributed by atoms with Crippen LogP contribution in [0.5, 0.6) is 0 Å². The molecule has 5 nitrogen and oxygen atoms in total. The average molecular weight is 291 g/mol. The van der Waals surface area contributed by atoms with Gasteiger partial charge in [-0.2, -0.15) is 0 Å². The number of carboxylic acid groups (broad SMARTS) is 1. The highest BCUT2D eigenvalue weighted by Crippen LogP contribution is 2.14. The highest BCUT2D eigenvalue weighted by molar-refractivity contribution is 5.97. The van der Waals surface area contributed by atoms with Crippen molar-refractivity contribution in [3.05, 3.63) is 41.0 Å². The van der Waals surface area contributed by atoms with Gasteiger partial charge in [-0.1, -0.05) is 12.1 Å². The number of carboxylic acids is 1. The fourth-order valence-corrected chi connectivity index (χ4v) is 1.93. The number of nitrogens with one attached hydrogen (secondary N) is 1. The second-order valence-corrected chi connectivity index (χ2v) is 5.52. The summed E-state index contributed by atoms with van der Waals surface area (Å²) in [6, 6.07) is 5.23. The number of carbonyl (C=O) groups excluding carboxylic acids is 1. The molecule has 21 heavy (non-hydrogen) atoms. The van der Waals surface area contributed by atoms with E-state index in [0.717, 1.165) is 11.6 Å². The van der Waals surface area contributed by atoms with Crippen molar-refractivity contribution < 1.29 is 19.4 Å². The van der Waals surface area contributed by atoms with Crippen LogP contribution in [0.1, 0.15) is 35.3 Å². The third-order valence-electron chi connectivity index (χ3n) is 2.88. The number of rotatable bonds is 6. The second-order valence-electron chi connectivity index (χ2n) is 5.52. The lowest BCUT2D eigenvalue weighted by Gasteiger charge is -2.25. The van der Waals surface area contributed by atoms with Gasteiger partial charge in [0.25, 0.3) is 5.91 Å². The van der Waals surface area contributed by atoms with E-state index in [2.05, 4.69) is 5.32 Å². The van der Waals surface area contributed by atoms with Crippen LogP contribution in [0, 0.1) is 6.92 Å². The predicted molar refractivity (Wildman–Crippen MR) is 81.3 cm³/mol. The van der Waals surface area contributed by atoms with Crippen LogP contribution in [0.3, 0.4) is 0 Å². The van der Waals surface area contributed by atoms with E-state index in [4.69, 9.17) is 9.84 Å². The number of benzene rings is 1. The molecule has 0 saturated carbocycles. The predicted octanol–water partition coefficient (Wildman–Crippen LogP) is 2.25. The normalized spacial score (nSPS) is 11.6. The Labute approximate surface area is 124 Å². The molecule has 1 aromatic rings. The Balaban J connectivity index is 2.98. The van der Waals surface area contributed by atoms with E-state index in [9.17, 15) is 9.59 Å². The molecule has 0 aromatic heterocycles. The standard InChI is InChI=1S/C16H21NO4/c1-11-5-6-12(7-8-14(18)19)9-13(11)15(20)17-16(2,3)10-21-4/h5-9H,10H2,1-4H3,(H,17,20)(H,18,19)/b8-7+. The van der Waals surface area contributed by atoms with Gasteiger partial charge in [0.05, 0.1) is 12.1 Å². The van der Waals surface area contributed by atoms with E-state index in [1.807, 2.05) is 20.8 Å². The number of hydrogen-bond acceptors (Lipinski definition) is 3. The van der Waals surface area contributed by atoms with Crippen LogP contribution in [0.4, 0.5) is 0 Å². The number of hydrogen-bond donors (Lipinski definition) is 2. The van der Waals surface area contributed by atoms with Gasteiger partial charge in [-0.3, -0.25) is 4.79 Å². The fraction of sp³-hybridized carbons (Fsp3) is 0.375. The monoisotopic (exact) mass is 291 g/mol. The maximum atomic E-state index is 12.3. The van der Waals surface area contributed by atoms with Gasteiger partial charge in [-0.15, -0.1) is 0 Å². The minimum Gasteiger partial charge on any atom is -0.478 e. The van der Waals surface area contributed by atoms with Gasteiger partial charge in [0.2, 0.25) is 0 Å². The number of methoxy groups -OCH3 is 1. The van der Waals surface area contributed by atoms with E-state index in [1.54, 1.807) is 25.3 Å². The Morgan fingerprint density at radius 1 is 1.38 bits per heavy atom. The van der Waals surface area contributed by atoms with Crippen molar-refractivity contribution in [2.75, 3.05) is 13.7 Å². The molecule has 0 aliphatic carbocycles. The lowest BCUT2D eigenvalue weighted by atomic mass is 10.0. The Kier molecular flexibility index (Phi) is 5.67. The van der Waals surface area contributed by atoms with Crippen LogP contribution in [0.2, 0.25) is 0 Å². The molecule has 0 spiro atoms. The first-order chi connectivity index (χ1) is 9.75. The van der Waals surface area contributed by atoms with Gasteiger partial charge >= 0.3 is 5.97 Å². The van der Waals surface area contributed by atoms with E-state index < -0.39 is 11.5 Å². The van der Waals surface area contributed by atoms with Crippen LogP contribution >= 0.6 is 0 Å². The molecule has 1 amide bonds. The van der Waals surface area contributed by atoms with Gasteiger partial charge in [0.1, 0.15) is 0 Å². The molecular formula is C16H21NO4. The molecule has 0 bridgehead atoms. The first-order valence-corrected chi connectivity index (χ1v) is 6.58. The highest BCUT2D eigenvalue weighted by atomic mass is 16.5. The third kappa shape index (κ3) is 5.39. The number of carbonyl (C=O) groups is 2. The maximum absolute atomic E-state index is 12.3. The Bertz CT molecular complexity index is 561. The highest BCUT2D eigenvalue weighted by Gasteiger charge is 2.21. The zero-order valence-electron chi connectivity index (χ0n) is 12.8. The van der Waals surface area contributed by atoms with Gasteiger partial charge < -0.3 is 15.2 Å². The summed E-state index contributed by atoms with van der Waals surface area (Å²) in [5.41, 5.74) is 1.53. The molecule has 0 aliphatic rings. The summed E-state index contributed by atoms with van der Waals surface area (Å²) in [7, 11) is 1.58. The van der Waals surface area contributed by atoms with Crippen LogP contribution in [-0.2, 0) is 9.53 Å². The van der Waals surface area contributed by atoms with Crippen LogP contribution in [-0.4, -0.2) is 36.2 Å². The minimum atomic E-state index is -1.03. The number of ether oxygens (including phenoxy) is 1. The maximum Gasteiger partial charge on any atom is 0.328 e. The Hall–Kier alpha value is -2.14. The molecule has 1 aromatic carbocycles. The summed E-state index contributed by atoms with van der Waals surface area (Å²) in [6.45, 7) is 5.98. The largest absolute Gasteiger partial charge is 0.478 e. The zero-order valence-corrected chi connectivity index (χ0v) is 12.8. The molecule has 2 N–H and O–H groups in total. The molecule has 5 heteroatoms. The van der Waals surface area contributed by atoms with E-state index >= 15 is 0 Å². The van der Waals surface area contributed by atoms with Crippen molar-refractivity contribution in [2.45, 2.75) is 26.3 Å². The van der Waals surface area contributed by atoms with Crippen molar-refractivity contribution in [1.29, 1.82) is 0 Å². The molecule has 0 fully saturated rings. The van der Waals surface area contributed by atoms with Crippen molar-refractivity contribution in [1.82, 2.24) is 5.32 Å². The van der Waals surface area contributed by atoms with Gasteiger partial charge in [0.15, 0.2) is 0 Å². The molecule has 1 rings (SSSR count). The summed E-state index contributed by atoms with van der Waals surface area (Å²) in [5, 5.41) is 11.5. The van der Waals surface area contributed by atoms with E-state index in [0.29, 0.717) is 17.7 Å². The zero-order chi connectivity index (χ0) is 16.0. The molecule has 0 heterocycles. The first-order valence-electron chi connectivity index (χ1n) is 6.58. The first kappa shape index (κ1) is 16.9. The molecule has 0 unspecified atom stereocenters. The molecule has 0 radical (unpaired) electrons. The molecule has 0 aliphatic heterocycles. The fourth-order valence-electron chi connectivity index (χ4n) is 1.93. The molecule has 114 valence electrons. The lowest BCUT2D eigenvalue weighted by molar-refractivity contribution is -0.131. The summed E-state index contributed by atoms with van der Waals surface area (Å²) < 4.78 is 5.07. The average Bonchev–Trinajstić information content (AvgIpc) is 2.36. The van der Waals surface area contributed by atoms with Gasteiger partial charge in [-0.05, 0) is 44.0 Å². The van der Waals surface area contributed by atoms with Crippen molar-refractivity contribution >= 4 is 18.0 Å². The molecular weight excluding hydrogens is 270 g/mol. The minimum absolute atomic E-state index is 0.208. The van der Waals surface area contributed by atoms with Crippen molar-refractivity contribution in [2.24, 2.45) is 0 Å². The summed E-state index contributed by atoms with van der Waals surface area (Å²) in [5.74, 6) is -1.23. The third-order valence-corrected chi connectivity index (χ3v) is 2.88. The topological polar surface area (TPSA) is 75.6 Å². The van der Waals surface area contributed by atoms with Gasteiger partial charge in [0, 0.05) is 18.7 Å². The van der Waals surface area contributed by atoms with Crippen molar-refractivity contribution in [3.8, 4) is 0 Å². The number of aryl methyl sites for hydroxylation is 1. The van der Waals surface area contributed by atoms with E-state index in [-0.39, 0.29) is 5.91 Å². The smallest absolute Gasteiger partial charge is 0.328 e. The Morgan fingerprint density at radius 2 is 2.05 bits per heavy atom. The number of aliphatic carboxylic acids is 1. The van der Waals surface area contributed by atoms with Crippen LogP contribution < -0.4 is 5.32 Å². The summed E-state index contributed by atoms with van der Waals surface area (Å²) in [4.78, 5) is 22.9. The Morgan fingerprint density at radius 3 is 2.62 bits per heavy atom. The second kappa shape index (κ2) is 7.04. The lowest BCUT2D eigenvalue weighted by Crippen LogP contribution is -2.46. The van der Waals surface area contributed by atoms with E-state index in [1.165, 1.54) is 6.08 Å². The SMILES string of the molecule is COCC(C)(C)NC(=O)c1cc(/C=C/C(=O)O)ccc1C. The summed E-state index contributed by atoms with van der Waals surface area (Å²) in [6.07, 6.45) is 2.50. The van der Waals surface area contributed by atoms with Gasteiger partial charge in [-0.25, -0.2) is 4.79 Å². The van der Waals surface area contributed by atoms with Crippen LogP contribution in [0.25, 0.3) is 6.08 Å². The number of amides is 1.